The lowest BCUT2D eigenvalue weighted by atomic mass is 10.2. The Morgan fingerprint density at radius 2 is 1.81 bits per heavy atom. The molecule has 0 N–H and O–H groups in total. The van der Waals surface area contributed by atoms with Crippen molar-refractivity contribution in [2.24, 2.45) is 0 Å². The number of thioether (sulfide) groups is 1. The summed E-state index contributed by atoms with van der Waals surface area (Å²) in [5, 5.41) is 18.8. The van der Waals surface area contributed by atoms with Gasteiger partial charge in [-0.1, -0.05) is 23.4 Å². The summed E-state index contributed by atoms with van der Waals surface area (Å²) in [7, 11) is 0. The second-order valence-electron chi connectivity index (χ2n) is 6.87. The molecule has 2 fully saturated rings. The quantitative estimate of drug-likeness (QED) is 0.572. The molecule has 1 aliphatic carbocycles. The highest BCUT2D eigenvalue weighted by Crippen LogP contribution is 2.41. The zero-order valence-corrected chi connectivity index (χ0v) is 16.3. The largest absolute Gasteiger partial charge is 0.420 e. The van der Waals surface area contributed by atoms with Crippen LogP contribution in [0.25, 0.3) is 11.5 Å². The summed E-state index contributed by atoms with van der Waals surface area (Å²) in [4.78, 5) is 2.35. The van der Waals surface area contributed by atoms with Gasteiger partial charge < -0.3 is 9.32 Å². The molecule has 7 nitrogen and oxygen atoms in total. The van der Waals surface area contributed by atoms with Gasteiger partial charge in [0.1, 0.15) is 0 Å². The molecule has 0 atom stereocenters. The van der Waals surface area contributed by atoms with Crippen molar-refractivity contribution in [2.75, 3.05) is 18.0 Å². The van der Waals surface area contributed by atoms with Gasteiger partial charge in [0, 0.05) is 29.7 Å². The summed E-state index contributed by atoms with van der Waals surface area (Å²) in [5.74, 6) is 2.68. The lowest BCUT2D eigenvalue weighted by Gasteiger charge is -2.17. The standard InChI is InChI=1S/C18H19ClN6OS/c19-13-5-3-12(4-6-13)16-21-20-15(26-16)11-27-18-23-22-17(24-9-1-2-10-24)25(18)14-7-8-14/h3-6,14H,1-2,7-11H2. The molecule has 0 bridgehead atoms. The van der Waals surface area contributed by atoms with Crippen LogP contribution in [-0.2, 0) is 5.75 Å². The predicted octanol–water partition coefficient (Wildman–Crippen LogP) is 4.21. The van der Waals surface area contributed by atoms with Gasteiger partial charge >= 0.3 is 0 Å². The van der Waals surface area contributed by atoms with Crippen LogP contribution in [0.15, 0.2) is 33.8 Å². The molecule has 1 saturated carbocycles. The van der Waals surface area contributed by atoms with Crippen molar-refractivity contribution in [1.82, 2.24) is 25.0 Å². The monoisotopic (exact) mass is 402 g/mol. The fourth-order valence-electron chi connectivity index (χ4n) is 3.30. The van der Waals surface area contributed by atoms with E-state index in [0.717, 1.165) is 29.8 Å². The molecule has 27 heavy (non-hydrogen) atoms. The summed E-state index contributed by atoms with van der Waals surface area (Å²) in [5.41, 5.74) is 0.862. The van der Waals surface area contributed by atoms with Crippen LogP contribution >= 0.6 is 23.4 Å². The van der Waals surface area contributed by atoms with Gasteiger partial charge in [0.05, 0.1) is 5.75 Å². The van der Waals surface area contributed by atoms with E-state index in [0.29, 0.717) is 28.6 Å². The molecule has 0 unspecified atom stereocenters. The van der Waals surface area contributed by atoms with Gasteiger partial charge in [-0.05, 0) is 49.9 Å². The Morgan fingerprint density at radius 3 is 2.56 bits per heavy atom. The maximum atomic E-state index is 5.93. The first kappa shape index (κ1) is 17.1. The van der Waals surface area contributed by atoms with Gasteiger partial charge in [0.15, 0.2) is 5.16 Å². The molecule has 0 radical (unpaired) electrons. The van der Waals surface area contributed by atoms with E-state index >= 15 is 0 Å². The first-order valence-electron chi connectivity index (χ1n) is 9.19. The number of aromatic nitrogens is 5. The van der Waals surface area contributed by atoms with Crippen LogP contribution in [0.4, 0.5) is 5.95 Å². The molecule has 0 spiro atoms. The van der Waals surface area contributed by atoms with Gasteiger partial charge in [-0.3, -0.25) is 4.57 Å². The molecule has 5 rings (SSSR count). The lowest BCUT2D eigenvalue weighted by molar-refractivity contribution is 0.528. The van der Waals surface area contributed by atoms with Crippen molar-refractivity contribution in [3.63, 3.8) is 0 Å². The highest BCUT2D eigenvalue weighted by Gasteiger charge is 2.32. The van der Waals surface area contributed by atoms with Crippen LogP contribution in [0.1, 0.15) is 37.6 Å². The Hall–Kier alpha value is -2.06. The lowest BCUT2D eigenvalue weighted by Crippen LogP contribution is -2.22. The second-order valence-corrected chi connectivity index (χ2v) is 8.25. The number of hydrogen-bond acceptors (Lipinski definition) is 7. The van der Waals surface area contributed by atoms with Gasteiger partial charge in [-0.2, -0.15) is 0 Å². The third kappa shape index (κ3) is 3.55. The average molecular weight is 403 g/mol. The predicted molar refractivity (Wildman–Crippen MR) is 104 cm³/mol. The van der Waals surface area contributed by atoms with E-state index in [1.165, 1.54) is 25.7 Å². The normalized spacial score (nSPS) is 17.0. The average Bonchev–Trinajstić information content (AvgIpc) is 3.10. The molecule has 9 heteroatoms. The van der Waals surface area contributed by atoms with Crippen LogP contribution in [-0.4, -0.2) is 38.1 Å². The van der Waals surface area contributed by atoms with Crippen molar-refractivity contribution in [1.29, 1.82) is 0 Å². The van der Waals surface area contributed by atoms with E-state index in [9.17, 15) is 0 Å². The van der Waals surface area contributed by atoms with E-state index in [-0.39, 0.29) is 0 Å². The smallest absolute Gasteiger partial charge is 0.247 e. The van der Waals surface area contributed by atoms with Crippen LogP contribution in [0.2, 0.25) is 5.02 Å². The summed E-state index contributed by atoms with van der Waals surface area (Å²) in [6.07, 6.45) is 4.87. The number of nitrogens with zero attached hydrogens (tertiary/aromatic N) is 6. The Bertz CT molecular complexity index is 930. The second kappa shape index (κ2) is 7.16. The SMILES string of the molecule is Clc1ccc(-c2nnc(CSc3nnc(N4CCCC4)n3C3CC3)o2)cc1. The number of hydrogen-bond donors (Lipinski definition) is 0. The summed E-state index contributed by atoms with van der Waals surface area (Å²) >= 11 is 7.53. The van der Waals surface area contributed by atoms with E-state index in [1.807, 2.05) is 24.3 Å². The van der Waals surface area contributed by atoms with E-state index in [4.69, 9.17) is 16.0 Å². The topological polar surface area (TPSA) is 72.9 Å². The Labute approximate surface area is 166 Å². The van der Waals surface area contributed by atoms with E-state index in [2.05, 4.69) is 29.9 Å². The molecule has 1 saturated heterocycles. The minimum absolute atomic E-state index is 0.503. The van der Waals surface area contributed by atoms with E-state index in [1.54, 1.807) is 11.8 Å². The number of benzene rings is 1. The molecule has 2 aliphatic rings. The Morgan fingerprint density at radius 1 is 1.04 bits per heavy atom. The third-order valence-electron chi connectivity index (χ3n) is 4.83. The maximum Gasteiger partial charge on any atom is 0.247 e. The van der Waals surface area contributed by atoms with Crippen LogP contribution in [0, 0.1) is 0 Å². The maximum absolute atomic E-state index is 5.93. The molecular weight excluding hydrogens is 384 g/mol. The van der Waals surface area contributed by atoms with Crippen LogP contribution in [0.5, 0.6) is 0 Å². The summed E-state index contributed by atoms with van der Waals surface area (Å²) in [6.45, 7) is 2.15. The van der Waals surface area contributed by atoms with Gasteiger partial charge in [0.2, 0.25) is 17.7 Å². The zero-order valence-electron chi connectivity index (χ0n) is 14.7. The van der Waals surface area contributed by atoms with Gasteiger partial charge in [0.25, 0.3) is 0 Å². The van der Waals surface area contributed by atoms with Crippen LogP contribution in [0.3, 0.4) is 0 Å². The first-order valence-corrected chi connectivity index (χ1v) is 10.6. The zero-order chi connectivity index (χ0) is 18.2. The minimum atomic E-state index is 0.503. The minimum Gasteiger partial charge on any atom is -0.420 e. The summed E-state index contributed by atoms with van der Waals surface area (Å²) < 4.78 is 8.10. The number of anilines is 1. The van der Waals surface area contributed by atoms with E-state index < -0.39 is 0 Å². The molecule has 3 aromatic rings. The van der Waals surface area contributed by atoms with Crippen molar-refractivity contribution in [3.8, 4) is 11.5 Å². The van der Waals surface area contributed by atoms with Crippen molar-refractivity contribution < 1.29 is 4.42 Å². The third-order valence-corrected chi connectivity index (χ3v) is 6.01. The summed E-state index contributed by atoms with van der Waals surface area (Å²) in [6, 6.07) is 7.91. The molecule has 140 valence electrons. The number of rotatable bonds is 6. The highest BCUT2D eigenvalue weighted by molar-refractivity contribution is 7.98. The molecule has 1 aromatic carbocycles. The molecule has 3 heterocycles. The molecule has 2 aromatic heterocycles. The first-order chi connectivity index (χ1) is 13.3. The fourth-order valence-corrected chi connectivity index (χ4v) is 4.26. The van der Waals surface area contributed by atoms with Crippen LogP contribution < -0.4 is 4.90 Å². The van der Waals surface area contributed by atoms with Gasteiger partial charge in [-0.25, -0.2) is 0 Å². The van der Waals surface area contributed by atoms with Crippen molar-refractivity contribution >= 4 is 29.3 Å². The Kier molecular flexibility index (Phi) is 4.53. The molecule has 1 aliphatic heterocycles. The Balaban J connectivity index is 1.31. The van der Waals surface area contributed by atoms with Crippen molar-refractivity contribution in [2.45, 2.75) is 42.6 Å². The number of halogens is 1. The van der Waals surface area contributed by atoms with Gasteiger partial charge in [-0.15, -0.1) is 20.4 Å². The van der Waals surface area contributed by atoms with Crippen molar-refractivity contribution in [3.05, 3.63) is 35.2 Å². The highest BCUT2D eigenvalue weighted by atomic mass is 35.5. The fraction of sp³-hybridized carbons (Fsp3) is 0.444. The molecular formula is C18H19ClN6OS. The molecule has 0 amide bonds.